The highest BCUT2D eigenvalue weighted by Gasteiger charge is 2.35. The molecule has 4 aromatic rings. The maximum absolute atomic E-state index is 10.00. The van der Waals surface area contributed by atoms with Gasteiger partial charge in [0, 0.05) is 12.0 Å². The molecule has 0 bridgehead atoms. The zero-order chi connectivity index (χ0) is 17.8. The molecule has 0 radical (unpaired) electrons. The number of benzene rings is 4. The number of aliphatic hydroxyl groups excluding tert-OH is 1. The van der Waals surface area contributed by atoms with Crippen molar-refractivity contribution in [2.24, 2.45) is 0 Å². The molecule has 4 aromatic carbocycles. The maximum Gasteiger partial charge on any atom is 0.0473 e. The van der Waals surface area contributed by atoms with Gasteiger partial charge in [0.05, 0.1) is 0 Å². The minimum absolute atomic E-state index is 0.122. The van der Waals surface area contributed by atoms with Gasteiger partial charge in [-0.2, -0.15) is 0 Å². The monoisotopic (exact) mass is 338 g/mol. The topological polar surface area (TPSA) is 20.2 Å². The second-order valence-corrected chi connectivity index (χ2v) is 6.67. The molecule has 0 spiro atoms. The van der Waals surface area contributed by atoms with E-state index in [4.69, 9.17) is 0 Å². The van der Waals surface area contributed by atoms with Gasteiger partial charge in [-0.15, -0.1) is 0 Å². The highest BCUT2D eigenvalue weighted by molar-refractivity contribution is 5.83. The summed E-state index contributed by atoms with van der Waals surface area (Å²) in [6, 6.07) is 36.1. The van der Waals surface area contributed by atoms with Gasteiger partial charge in [0.2, 0.25) is 0 Å². The van der Waals surface area contributed by atoms with Crippen LogP contribution < -0.4 is 0 Å². The van der Waals surface area contributed by atoms with E-state index >= 15 is 0 Å². The van der Waals surface area contributed by atoms with Crippen molar-refractivity contribution in [1.29, 1.82) is 0 Å². The molecule has 0 unspecified atom stereocenters. The van der Waals surface area contributed by atoms with Gasteiger partial charge in [0.1, 0.15) is 0 Å². The quantitative estimate of drug-likeness (QED) is 0.473. The Hall–Kier alpha value is -2.90. The summed E-state index contributed by atoms with van der Waals surface area (Å²) >= 11 is 0. The van der Waals surface area contributed by atoms with E-state index < -0.39 is 0 Å². The molecule has 0 aliphatic heterocycles. The summed E-state index contributed by atoms with van der Waals surface area (Å²) in [4.78, 5) is 0. The van der Waals surface area contributed by atoms with E-state index in [0.717, 1.165) is 0 Å². The summed E-state index contributed by atoms with van der Waals surface area (Å²) in [6.07, 6.45) is 0.638. The predicted octanol–water partition coefficient (Wildman–Crippen LogP) is 5.56. The van der Waals surface area contributed by atoms with Crippen molar-refractivity contribution >= 4 is 10.8 Å². The number of fused-ring (bicyclic) bond motifs is 1. The van der Waals surface area contributed by atoms with Crippen molar-refractivity contribution in [1.82, 2.24) is 0 Å². The van der Waals surface area contributed by atoms with Crippen LogP contribution in [0, 0.1) is 0 Å². The molecule has 0 heterocycles. The molecule has 0 atom stereocenters. The van der Waals surface area contributed by atoms with Crippen molar-refractivity contribution < 1.29 is 5.11 Å². The summed E-state index contributed by atoms with van der Waals surface area (Å²) in [5, 5.41) is 12.5. The van der Waals surface area contributed by atoms with Gasteiger partial charge < -0.3 is 5.11 Å². The molecule has 1 N–H and O–H groups in total. The third-order valence-corrected chi connectivity index (χ3v) is 5.26. The molecular formula is C25H22O. The van der Waals surface area contributed by atoms with E-state index in [-0.39, 0.29) is 12.0 Å². The first kappa shape index (κ1) is 16.6. The van der Waals surface area contributed by atoms with Crippen LogP contribution in [0.15, 0.2) is 103 Å². The molecule has 0 aliphatic rings. The Morgan fingerprint density at radius 3 is 1.65 bits per heavy atom. The van der Waals surface area contributed by atoms with Crippen LogP contribution in [0.2, 0.25) is 0 Å². The van der Waals surface area contributed by atoms with Crippen LogP contribution in [0.3, 0.4) is 0 Å². The van der Waals surface area contributed by atoms with Crippen molar-refractivity contribution in [2.45, 2.75) is 11.8 Å². The van der Waals surface area contributed by atoms with E-state index in [1.54, 1.807) is 0 Å². The fourth-order valence-corrected chi connectivity index (χ4v) is 4.00. The predicted molar refractivity (Wildman–Crippen MR) is 108 cm³/mol. The number of hydrogen-bond donors (Lipinski definition) is 1. The Labute approximate surface area is 154 Å². The molecule has 0 amide bonds. The Balaban J connectivity index is 2.03. The SMILES string of the molecule is OCCC(c1ccccc1)(c1ccccc1)c1ccc2ccccc2c1. The van der Waals surface area contributed by atoms with Gasteiger partial charge in [-0.3, -0.25) is 0 Å². The number of aliphatic hydroxyl groups is 1. The summed E-state index contributed by atoms with van der Waals surface area (Å²) < 4.78 is 0. The van der Waals surface area contributed by atoms with Crippen LogP contribution >= 0.6 is 0 Å². The number of rotatable bonds is 5. The Morgan fingerprint density at radius 2 is 1.08 bits per heavy atom. The van der Waals surface area contributed by atoms with Crippen molar-refractivity contribution in [3.05, 3.63) is 120 Å². The van der Waals surface area contributed by atoms with E-state index in [0.29, 0.717) is 6.42 Å². The van der Waals surface area contributed by atoms with Crippen LogP contribution in [-0.2, 0) is 5.41 Å². The fourth-order valence-electron chi connectivity index (χ4n) is 4.00. The number of hydrogen-bond acceptors (Lipinski definition) is 1. The molecule has 0 aromatic heterocycles. The summed E-state index contributed by atoms with van der Waals surface area (Å²) in [6.45, 7) is 0.122. The largest absolute Gasteiger partial charge is 0.396 e. The lowest BCUT2D eigenvalue weighted by atomic mass is 9.67. The first-order valence-corrected chi connectivity index (χ1v) is 9.06. The Kier molecular flexibility index (Phi) is 4.55. The molecular weight excluding hydrogens is 316 g/mol. The van der Waals surface area contributed by atoms with Crippen LogP contribution in [0.5, 0.6) is 0 Å². The lowest BCUT2D eigenvalue weighted by molar-refractivity contribution is 0.265. The standard InChI is InChI=1S/C25H22O/c26-18-17-25(22-11-3-1-4-12-22,23-13-5-2-6-14-23)24-16-15-20-9-7-8-10-21(20)19-24/h1-16,19,26H,17-18H2. The summed E-state index contributed by atoms with van der Waals surface area (Å²) in [5.74, 6) is 0. The highest BCUT2D eigenvalue weighted by atomic mass is 16.3. The molecule has 0 fully saturated rings. The molecule has 0 saturated heterocycles. The second-order valence-electron chi connectivity index (χ2n) is 6.67. The van der Waals surface area contributed by atoms with Crippen LogP contribution in [0.4, 0.5) is 0 Å². The Bertz CT molecular complexity index is 950. The van der Waals surface area contributed by atoms with E-state index in [2.05, 4.69) is 91.0 Å². The average molecular weight is 338 g/mol. The average Bonchev–Trinajstić information content (AvgIpc) is 2.73. The lowest BCUT2D eigenvalue weighted by Crippen LogP contribution is -2.30. The summed E-state index contributed by atoms with van der Waals surface area (Å²) in [7, 11) is 0. The second kappa shape index (κ2) is 7.15. The normalized spacial score (nSPS) is 11.6. The van der Waals surface area contributed by atoms with Gasteiger partial charge >= 0.3 is 0 Å². The lowest BCUT2D eigenvalue weighted by Gasteiger charge is -2.36. The third-order valence-electron chi connectivity index (χ3n) is 5.26. The van der Waals surface area contributed by atoms with Crippen molar-refractivity contribution in [2.75, 3.05) is 6.61 Å². The van der Waals surface area contributed by atoms with Gasteiger partial charge in [0.15, 0.2) is 0 Å². The molecule has 0 saturated carbocycles. The van der Waals surface area contributed by atoms with E-state index in [1.165, 1.54) is 27.5 Å². The van der Waals surface area contributed by atoms with Gasteiger partial charge in [-0.05, 0) is 39.9 Å². The summed E-state index contributed by atoms with van der Waals surface area (Å²) in [5.41, 5.74) is 3.25. The van der Waals surface area contributed by atoms with Gasteiger partial charge in [0.25, 0.3) is 0 Å². The molecule has 4 rings (SSSR count). The maximum atomic E-state index is 10.00. The van der Waals surface area contributed by atoms with Crippen LogP contribution in [0.1, 0.15) is 23.1 Å². The van der Waals surface area contributed by atoms with Crippen molar-refractivity contribution in [3.8, 4) is 0 Å². The van der Waals surface area contributed by atoms with Crippen LogP contribution in [-0.4, -0.2) is 11.7 Å². The highest BCUT2D eigenvalue weighted by Crippen LogP contribution is 2.42. The zero-order valence-electron chi connectivity index (χ0n) is 14.7. The first-order valence-electron chi connectivity index (χ1n) is 9.06. The van der Waals surface area contributed by atoms with Crippen LogP contribution in [0.25, 0.3) is 10.8 Å². The molecule has 1 nitrogen and oxygen atoms in total. The molecule has 128 valence electrons. The Morgan fingerprint density at radius 1 is 0.538 bits per heavy atom. The molecule has 26 heavy (non-hydrogen) atoms. The third kappa shape index (κ3) is 2.81. The zero-order valence-corrected chi connectivity index (χ0v) is 14.7. The van der Waals surface area contributed by atoms with E-state index in [9.17, 15) is 5.11 Å². The van der Waals surface area contributed by atoms with Crippen molar-refractivity contribution in [3.63, 3.8) is 0 Å². The van der Waals surface area contributed by atoms with E-state index in [1.807, 2.05) is 12.1 Å². The smallest absolute Gasteiger partial charge is 0.0473 e. The molecule has 1 heteroatoms. The molecule has 0 aliphatic carbocycles. The first-order chi connectivity index (χ1) is 12.8. The minimum Gasteiger partial charge on any atom is -0.396 e. The minimum atomic E-state index is -0.374. The fraction of sp³-hybridized carbons (Fsp3) is 0.120. The van der Waals surface area contributed by atoms with Gasteiger partial charge in [-0.25, -0.2) is 0 Å². The van der Waals surface area contributed by atoms with Gasteiger partial charge in [-0.1, -0.05) is 97.1 Å².